The number of fused-ring (bicyclic) bond motifs is 5. The Bertz CT molecular complexity index is 1580. The first-order valence-corrected chi connectivity index (χ1v) is 11.0. The maximum atomic E-state index is 13.8. The van der Waals surface area contributed by atoms with E-state index in [0.717, 1.165) is 21.7 Å². The molecular weight excluding hydrogens is 430 g/mol. The Balaban J connectivity index is 1.81. The Morgan fingerprint density at radius 2 is 1.56 bits per heavy atom. The van der Waals surface area contributed by atoms with Gasteiger partial charge >= 0.3 is 5.97 Å². The van der Waals surface area contributed by atoms with Gasteiger partial charge in [-0.05, 0) is 54.1 Å². The van der Waals surface area contributed by atoms with Crippen LogP contribution in [-0.2, 0) is 4.74 Å². The van der Waals surface area contributed by atoms with Gasteiger partial charge in [0, 0.05) is 10.9 Å². The van der Waals surface area contributed by atoms with Crippen LogP contribution in [0.3, 0.4) is 0 Å². The zero-order valence-electron chi connectivity index (χ0n) is 19.1. The van der Waals surface area contributed by atoms with Crippen molar-refractivity contribution in [2.45, 2.75) is 6.92 Å². The first-order valence-electron chi connectivity index (χ1n) is 11.0. The Morgan fingerprint density at radius 3 is 2.32 bits per heavy atom. The van der Waals surface area contributed by atoms with Crippen LogP contribution in [0, 0.1) is 0 Å². The lowest BCUT2D eigenvalue weighted by atomic mass is 10.0. The highest BCUT2D eigenvalue weighted by atomic mass is 16.5. The molecule has 0 radical (unpaired) electrons. The van der Waals surface area contributed by atoms with Crippen LogP contribution in [0.5, 0.6) is 11.5 Å². The molecule has 5 rings (SSSR count). The van der Waals surface area contributed by atoms with Crippen molar-refractivity contribution in [3.63, 3.8) is 0 Å². The predicted octanol–water partition coefficient (Wildman–Crippen LogP) is 5.67. The molecule has 0 aliphatic rings. The van der Waals surface area contributed by atoms with Crippen LogP contribution in [0.1, 0.15) is 33.3 Å². The van der Waals surface area contributed by atoms with Crippen molar-refractivity contribution in [3.05, 3.63) is 89.6 Å². The van der Waals surface area contributed by atoms with Crippen molar-refractivity contribution in [1.82, 2.24) is 4.40 Å². The van der Waals surface area contributed by atoms with Crippen LogP contribution in [0.2, 0.25) is 0 Å². The number of nitrogens with zero attached hydrogens (tertiary/aromatic N) is 1. The summed E-state index contributed by atoms with van der Waals surface area (Å²) in [5.41, 5.74) is 2.58. The minimum atomic E-state index is -0.466. The quantitative estimate of drug-likeness (QED) is 0.188. The summed E-state index contributed by atoms with van der Waals surface area (Å²) in [7, 11) is 3.07. The third-order valence-electron chi connectivity index (χ3n) is 6.01. The number of benzene rings is 3. The zero-order valence-corrected chi connectivity index (χ0v) is 19.1. The smallest absolute Gasteiger partial charge is 0.340 e. The lowest BCUT2D eigenvalue weighted by molar-refractivity contribution is 0.0529. The van der Waals surface area contributed by atoms with Crippen molar-refractivity contribution in [1.29, 1.82) is 0 Å². The fourth-order valence-corrected chi connectivity index (χ4v) is 4.43. The molecule has 0 bridgehead atoms. The summed E-state index contributed by atoms with van der Waals surface area (Å²) in [6, 6.07) is 22.6. The largest absolute Gasteiger partial charge is 0.493 e. The summed E-state index contributed by atoms with van der Waals surface area (Å²) in [4.78, 5) is 26.5. The van der Waals surface area contributed by atoms with Crippen LogP contribution >= 0.6 is 0 Å². The normalized spacial score (nSPS) is 11.1. The highest BCUT2D eigenvalue weighted by Crippen LogP contribution is 2.32. The van der Waals surface area contributed by atoms with Gasteiger partial charge in [0.05, 0.1) is 43.1 Å². The standard InChI is InChI=1S/C28H23NO5/c1-4-34-28(31)21-16-24(27(30)18-10-14-25(32-2)26(15-18)33-3)29-22-12-9-17-7-5-6-8-19(17)20(22)11-13-23(21)29/h5-16H,4H2,1-3H3. The molecule has 3 aromatic carbocycles. The predicted molar refractivity (Wildman–Crippen MR) is 131 cm³/mol. The summed E-state index contributed by atoms with van der Waals surface area (Å²) in [5.74, 6) is 0.276. The molecule has 0 unspecified atom stereocenters. The Morgan fingerprint density at radius 1 is 0.794 bits per heavy atom. The van der Waals surface area contributed by atoms with Crippen LogP contribution in [0.15, 0.2) is 72.8 Å². The third kappa shape index (κ3) is 3.35. The maximum absolute atomic E-state index is 13.8. The lowest BCUT2D eigenvalue weighted by Gasteiger charge is -2.11. The molecule has 0 amide bonds. The number of pyridine rings is 1. The molecule has 0 atom stereocenters. The van der Waals surface area contributed by atoms with Gasteiger partial charge < -0.3 is 18.6 Å². The zero-order chi connectivity index (χ0) is 23.8. The van der Waals surface area contributed by atoms with Gasteiger partial charge in [-0.1, -0.05) is 36.4 Å². The second-order valence-corrected chi connectivity index (χ2v) is 7.84. The van der Waals surface area contributed by atoms with Crippen molar-refractivity contribution in [2.24, 2.45) is 0 Å². The van der Waals surface area contributed by atoms with E-state index in [-0.39, 0.29) is 12.4 Å². The van der Waals surface area contributed by atoms with E-state index in [1.54, 1.807) is 38.3 Å². The minimum Gasteiger partial charge on any atom is -0.493 e. The van der Waals surface area contributed by atoms with Gasteiger partial charge in [0.1, 0.15) is 0 Å². The van der Waals surface area contributed by atoms with Gasteiger partial charge in [-0.15, -0.1) is 0 Å². The Labute approximate surface area is 196 Å². The summed E-state index contributed by atoms with van der Waals surface area (Å²) >= 11 is 0. The van der Waals surface area contributed by atoms with E-state index in [9.17, 15) is 9.59 Å². The van der Waals surface area contributed by atoms with E-state index in [4.69, 9.17) is 14.2 Å². The van der Waals surface area contributed by atoms with Crippen molar-refractivity contribution >= 4 is 38.9 Å². The SMILES string of the molecule is CCOC(=O)c1cc(C(=O)c2ccc(OC)c(OC)c2)n2c1ccc1c3ccccc3ccc12. The number of methoxy groups -OCH3 is 2. The van der Waals surface area contributed by atoms with Crippen molar-refractivity contribution in [2.75, 3.05) is 20.8 Å². The number of esters is 1. The van der Waals surface area contributed by atoms with Gasteiger partial charge in [0.25, 0.3) is 0 Å². The van der Waals surface area contributed by atoms with Crippen LogP contribution in [0.25, 0.3) is 27.2 Å². The topological polar surface area (TPSA) is 66.2 Å². The number of aromatic nitrogens is 1. The number of ketones is 1. The molecule has 0 N–H and O–H groups in total. The van der Waals surface area contributed by atoms with E-state index < -0.39 is 5.97 Å². The van der Waals surface area contributed by atoms with Crippen molar-refractivity contribution < 1.29 is 23.8 Å². The van der Waals surface area contributed by atoms with E-state index in [2.05, 4.69) is 6.07 Å². The number of hydrogen-bond acceptors (Lipinski definition) is 5. The fraction of sp³-hybridized carbons (Fsp3) is 0.143. The van der Waals surface area contributed by atoms with E-state index in [1.807, 2.05) is 46.9 Å². The number of carbonyl (C=O) groups excluding carboxylic acids is 2. The number of ether oxygens (including phenoxy) is 3. The van der Waals surface area contributed by atoms with Gasteiger partial charge in [-0.2, -0.15) is 0 Å². The summed E-state index contributed by atoms with van der Waals surface area (Å²) in [6.45, 7) is 2.00. The summed E-state index contributed by atoms with van der Waals surface area (Å²) in [5, 5.41) is 3.15. The lowest BCUT2D eigenvalue weighted by Crippen LogP contribution is -2.06. The first kappa shape index (κ1) is 21.5. The average molecular weight is 453 g/mol. The van der Waals surface area contributed by atoms with Crippen molar-refractivity contribution in [3.8, 4) is 11.5 Å². The molecule has 0 aliphatic carbocycles. The maximum Gasteiger partial charge on any atom is 0.340 e. The van der Waals surface area contributed by atoms with Crippen LogP contribution in [-0.4, -0.2) is 37.0 Å². The molecule has 0 aliphatic heterocycles. The highest BCUT2D eigenvalue weighted by molar-refractivity contribution is 6.14. The number of carbonyl (C=O) groups is 2. The third-order valence-corrected chi connectivity index (χ3v) is 6.01. The van der Waals surface area contributed by atoms with E-state index in [0.29, 0.717) is 33.8 Å². The second kappa shape index (κ2) is 8.56. The fourth-order valence-electron chi connectivity index (χ4n) is 4.43. The second-order valence-electron chi connectivity index (χ2n) is 7.84. The molecule has 0 fully saturated rings. The van der Waals surface area contributed by atoms with Gasteiger partial charge in [0.15, 0.2) is 11.5 Å². The van der Waals surface area contributed by atoms with Crippen LogP contribution in [0.4, 0.5) is 0 Å². The number of hydrogen-bond donors (Lipinski definition) is 0. The Kier molecular flexibility index (Phi) is 5.42. The molecule has 170 valence electrons. The molecule has 6 heteroatoms. The van der Waals surface area contributed by atoms with Gasteiger partial charge in [-0.25, -0.2) is 4.79 Å². The van der Waals surface area contributed by atoms with Gasteiger partial charge in [-0.3, -0.25) is 4.79 Å². The summed E-state index contributed by atoms with van der Waals surface area (Å²) < 4.78 is 17.8. The molecule has 34 heavy (non-hydrogen) atoms. The van der Waals surface area contributed by atoms with Crippen LogP contribution < -0.4 is 9.47 Å². The van der Waals surface area contributed by atoms with Gasteiger partial charge in [0.2, 0.25) is 5.78 Å². The molecule has 6 nitrogen and oxygen atoms in total. The highest BCUT2D eigenvalue weighted by Gasteiger charge is 2.24. The monoisotopic (exact) mass is 453 g/mol. The first-order chi connectivity index (χ1) is 16.6. The Hall–Kier alpha value is -4.32. The molecule has 0 saturated carbocycles. The number of rotatable bonds is 6. The summed E-state index contributed by atoms with van der Waals surface area (Å²) in [6.07, 6.45) is 0. The molecule has 2 heterocycles. The minimum absolute atomic E-state index is 0.243. The molecule has 5 aromatic rings. The van der Waals surface area contributed by atoms with E-state index >= 15 is 0 Å². The average Bonchev–Trinajstić information content (AvgIpc) is 3.28. The molecule has 0 saturated heterocycles. The molecule has 2 aromatic heterocycles. The molecular formula is C28H23NO5. The molecule has 0 spiro atoms. The van der Waals surface area contributed by atoms with E-state index in [1.165, 1.54) is 7.11 Å².